The summed E-state index contributed by atoms with van der Waals surface area (Å²) in [7, 11) is 0. The molecular weight excluding hydrogens is 404 g/mol. The van der Waals surface area contributed by atoms with Crippen LogP contribution in [0.5, 0.6) is 5.75 Å². The van der Waals surface area contributed by atoms with Crippen molar-refractivity contribution in [3.63, 3.8) is 0 Å². The Balaban J connectivity index is 1.34. The van der Waals surface area contributed by atoms with E-state index in [1.54, 1.807) is 17.0 Å². The minimum Gasteiger partial charge on any atom is -0.508 e. The SMILES string of the molecule is Cc1cc(O)ccc1C1=C[C@@H]2C[C@H]1N(C(=O)CN1Cc3c(ccc(F)c3F)NC1=O)C2. The maximum Gasteiger partial charge on any atom is 0.322 e. The predicted octanol–water partition coefficient (Wildman–Crippen LogP) is 3.64. The molecule has 6 nitrogen and oxygen atoms in total. The van der Waals surface area contributed by atoms with E-state index in [-0.39, 0.29) is 48.0 Å². The molecule has 8 heteroatoms. The van der Waals surface area contributed by atoms with Gasteiger partial charge in [-0.2, -0.15) is 0 Å². The number of phenols is 1. The highest BCUT2D eigenvalue weighted by molar-refractivity contribution is 5.95. The van der Waals surface area contributed by atoms with Crippen LogP contribution in [0.2, 0.25) is 0 Å². The number of nitrogens with zero attached hydrogens (tertiary/aromatic N) is 2. The quantitative estimate of drug-likeness (QED) is 0.789. The topological polar surface area (TPSA) is 72.9 Å². The van der Waals surface area contributed by atoms with Gasteiger partial charge in [-0.1, -0.05) is 12.1 Å². The molecule has 0 saturated carbocycles. The number of urea groups is 1. The lowest BCUT2D eigenvalue weighted by atomic mass is 9.95. The zero-order valence-electron chi connectivity index (χ0n) is 16.9. The smallest absolute Gasteiger partial charge is 0.322 e. The van der Waals surface area contributed by atoms with Crippen molar-refractivity contribution in [3.8, 4) is 5.75 Å². The Kier molecular flexibility index (Phi) is 4.46. The fourth-order valence-corrected chi connectivity index (χ4v) is 4.87. The Morgan fingerprint density at radius 2 is 2.06 bits per heavy atom. The van der Waals surface area contributed by atoms with Crippen molar-refractivity contribution >= 4 is 23.2 Å². The number of phenolic OH excluding ortho intramolecular Hbond substituents is 1. The minimum atomic E-state index is -1.01. The Morgan fingerprint density at radius 1 is 1.26 bits per heavy atom. The van der Waals surface area contributed by atoms with Gasteiger partial charge in [0.1, 0.15) is 12.3 Å². The van der Waals surface area contributed by atoms with Crippen LogP contribution in [0, 0.1) is 24.5 Å². The van der Waals surface area contributed by atoms with Crippen LogP contribution in [0.15, 0.2) is 36.4 Å². The average Bonchev–Trinajstić information content (AvgIpc) is 3.33. The number of carbonyl (C=O) groups is 2. The van der Waals surface area contributed by atoms with Gasteiger partial charge < -0.3 is 20.2 Å². The number of halogens is 2. The molecule has 2 aromatic carbocycles. The molecule has 2 aromatic rings. The fourth-order valence-electron chi connectivity index (χ4n) is 4.87. The van der Waals surface area contributed by atoms with Crippen LogP contribution in [0.25, 0.3) is 5.57 Å². The summed E-state index contributed by atoms with van der Waals surface area (Å²) in [6.45, 7) is 2.10. The van der Waals surface area contributed by atoms with Gasteiger partial charge in [-0.05, 0) is 60.2 Å². The van der Waals surface area contributed by atoms with Gasteiger partial charge in [0.05, 0.1) is 18.3 Å². The standard InChI is InChI=1S/C23H21F2N3O3/c1-12-6-14(29)2-3-15(12)16-7-13-8-20(16)28(9-13)21(30)11-27-10-17-19(26-23(27)31)5-4-18(24)22(17)25/h2-7,13,20,29H,8-11H2,1H3,(H,26,31)/t13-,20-/m1/s1. The molecule has 0 spiro atoms. The van der Waals surface area contributed by atoms with E-state index in [2.05, 4.69) is 11.4 Å². The predicted molar refractivity (Wildman–Crippen MR) is 110 cm³/mol. The van der Waals surface area contributed by atoms with Crippen molar-refractivity contribution < 1.29 is 23.5 Å². The van der Waals surface area contributed by atoms with Crippen molar-refractivity contribution in [1.82, 2.24) is 9.80 Å². The number of anilines is 1. The molecule has 1 aliphatic carbocycles. The van der Waals surface area contributed by atoms with Gasteiger partial charge in [0.25, 0.3) is 0 Å². The van der Waals surface area contributed by atoms with Gasteiger partial charge in [0.15, 0.2) is 11.6 Å². The third-order valence-electron chi connectivity index (χ3n) is 6.35. The normalized spacial score (nSPS) is 21.8. The number of aromatic hydroxyl groups is 1. The third kappa shape index (κ3) is 3.22. The number of carbonyl (C=O) groups excluding carboxylic acids is 2. The molecule has 0 unspecified atom stereocenters. The van der Waals surface area contributed by atoms with E-state index in [1.807, 2.05) is 13.0 Å². The molecule has 1 fully saturated rings. The highest BCUT2D eigenvalue weighted by Crippen LogP contribution is 2.43. The van der Waals surface area contributed by atoms with Crippen molar-refractivity contribution in [2.24, 2.45) is 5.92 Å². The van der Waals surface area contributed by atoms with Crippen LogP contribution < -0.4 is 5.32 Å². The molecule has 2 heterocycles. The monoisotopic (exact) mass is 425 g/mol. The first-order valence-electron chi connectivity index (χ1n) is 10.2. The van der Waals surface area contributed by atoms with Crippen LogP contribution in [0.4, 0.5) is 19.3 Å². The van der Waals surface area contributed by atoms with Gasteiger partial charge in [-0.3, -0.25) is 4.79 Å². The summed E-state index contributed by atoms with van der Waals surface area (Å²) in [6.07, 6.45) is 2.99. The number of benzene rings is 2. The first-order valence-corrected chi connectivity index (χ1v) is 10.2. The van der Waals surface area contributed by atoms with Crippen LogP contribution in [-0.4, -0.2) is 46.0 Å². The van der Waals surface area contributed by atoms with E-state index in [4.69, 9.17) is 0 Å². The van der Waals surface area contributed by atoms with Crippen LogP contribution >= 0.6 is 0 Å². The molecule has 2 aliphatic heterocycles. The van der Waals surface area contributed by atoms with Gasteiger partial charge in [0.2, 0.25) is 5.91 Å². The Hall–Kier alpha value is -3.42. The van der Waals surface area contributed by atoms with Gasteiger partial charge in [0, 0.05) is 12.1 Å². The summed E-state index contributed by atoms with van der Waals surface area (Å²) < 4.78 is 27.8. The second-order valence-corrected chi connectivity index (χ2v) is 8.35. The van der Waals surface area contributed by atoms with E-state index in [1.165, 1.54) is 11.0 Å². The second kappa shape index (κ2) is 7.08. The molecule has 31 heavy (non-hydrogen) atoms. The molecular formula is C23H21F2N3O3. The number of rotatable bonds is 3. The van der Waals surface area contributed by atoms with Crippen LogP contribution in [-0.2, 0) is 11.3 Å². The Morgan fingerprint density at radius 3 is 2.81 bits per heavy atom. The molecule has 0 aromatic heterocycles. The van der Waals surface area contributed by atoms with Crippen molar-refractivity contribution in [2.45, 2.75) is 25.9 Å². The summed E-state index contributed by atoms with van der Waals surface area (Å²) in [4.78, 5) is 28.5. The number of fused-ring (bicyclic) bond motifs is 3. The number of aryl methyl sites for hydroxylation is 1. The third-order valence-corrected chi connectivity index (χ3v) is 6.35. The largest absolute Gasteiger partial charge is 0.508 e. The summed E-state index contributed by atoms with van der Waals surface area (Å²) in [5, 5.41) is 12.2. The molecule has 0 radical (unpaired) electrons. The first kappa shape index (κ1) is 19.5. The second-order valence-electron chi connectivity index (χ2n) is 8.35. The van der Waals surface area contributed by atoms with Crippen molar-refractivity contribution in [2.75, 3.05) is 18.4 Å². The van der Waals surface area contributed by atoms with Crippen molar-refractivity contribution in [3.05, 3.63) is 64.7 Å². The molecule has 160 valence electrons. The Labute approximate surface area is 177 Å². The maximum absolute atomic E-state index is 14.2. The Bertz CT molecular complexity index is 1150. The molecule has 1 saturated heterocycles. The molecule has 2 N–H and O–H groups in total. The van der Waals surface area contributed by atoms with E-state index in [0.717, 1.165) is 29.2 Å². The fraction of sp³-hybridized carbons (Fsp3) is 0.304. The summed E-state index contributed by atoms with van der Waals surface area (Å²) >= 11 is 0. The lowest BCUT2D eigenvalue weighted by Crippen LogP contribution is -2.48. The highest BCUT2D eigenvalue weighted by Gasteiger charge is 2.43. The van der Waals surface area contributed by atoms with Gasteiger partial charge in [-0.15, -0.1) is 0 Å². The highest BCUT2D eigenvalue weighted by atomic mass is 19.2. The van der Waals surface area contributed by atoms with E-state index < -0.39 is 17.7 Å². The van der Waals surface area contributed by atoms with E-state index >= 15 is 0 Å². The number of amides is 3. The summed E-state index contributed by atoms with van der Waals surface area (Å²) in [5.41, 5.74) is 3.22. The minimum absolute atomic E-state index is 0.0376. The zero-order valence-corrected chi connectivity index (χ0v) is 16.9. The number of nitrogens with one attached hydrogen (secondary N) is 1. The first-order chi connectivity index (χ1) is 14.8. The lowest BCUT2D eigenvalue weighted by Gasteiger charge is -2.33. The van der Waals surface area contributed by atoms with Crippen LogP contribution in [0.1, 0.15) is 23.1 Å². The summed E-state index contributed by atoms with van der Waals surface area (Å²) in [5.74, 6) is -1.80. The average molecular weight is 425 g/mol. The van der Waals surface area contributed by atoms with Crippen molar-refractivity contribution in [1.29, 1.82) is 0 Å². The van der Waals surface area contributed by atoms with Gasteiger partial charge >= 0.3 is 6.03 Å². The lowest BCUT2D eigenvalue weighted by molar-refractivity contribution is -0.132. The number of hydrogen-bond donors (Lipinski definition) is 2. The molecule has 3 aliphatic rings. The molecule has 5 rings (SSSR count). The number of likely N-dealkylation sites (tertiary alicyclic amines) is 1. The van der Waals surface area contributed by atoms with Gasteiger partial charge in [-0.25, -0.2) is 13.6 Å². The van der Waals surface area contributed by atoms with E-state index in [0.29, 0.717) is 6.54 Å². The van der Waals surface area contributed by atoms with E-state index in [9.17, 15) is 23.5 Å². The van der Waals surface area contributed by atoms with Crippen LogP contribution in [0.3, 0.4) is 0 Å². The zero-order chi connectivity index (χ0) is 21.9. The molecule has 2 bridgehead atoms. The molecule has 2 atom stereocenters. The number of hydrogen-bond acceptors (Lipinski definition) is 3. The maximum atomic E-state index is 14.2. The summed E-state index contributed by atoms with van der Waals surface area (Å²) in [6, 6.07) is 6.85. The molecule has 3 amide bonds.